The molecule has 0 aliphatic carbocycles. The highest BCUT2D eigenvalue weighted by atomic mass is 32.1. The first-order valence-electron chi connectivity index (χ1n) is 4.72. The second-order valence-electron chi connectivity index (χ2n) is 3.30. The van der Waals surface area contributed by atoms with Crippen molar-refractivity contribution in [3.8, 4) is 11.8 Å². The van der Waals surface area contributed by atoms with Gasteiger partial charge in [0.05, 0.1) is 5.56 Å². The molecule has 0 spiro atoms. The van der Waals surface area contributed by atoms with Crippen molar-refractivity contribution in [2.45, 2.75) is 19.5 Å². The lowest BCUT2D eigenvalue weighted by Gasteiger charge is -2.07. The number of aryl methyl sites for hydroxylation is 1. The van der Waals surface area contributed by atoms with Gasteiger partial charge >= 0.3 is 6.18 Å². The minimum Gasteiger partial charge on any atom is -0.178 e. The topological polar surface area (TPSA) is 0 Å². The molecule has 0 aliphatic heterocycles. The molecule has 0 nitrogen and oxygen atoms in total. The Labute approximate surface area is 98.3 Å². The standard InChI is InChI=1S/C12H11F3S/c1-9-8-11(12(13,14)15)6-5-10(9)4-2-3-7-16/h5-6,8,16H,3,7H2,1H3. The Morgan fingerprint density at radius 1 is 1.31 bits per heavy atom. The Hall–Kier alpha value is -1.08. The second-order valence-corrected chi connectivity index (χ2v) is 3.75. The van der Waals surface area contributed by atoms with Gasteiger partial charge in [0.1, 0.15) is 0 Å². The van der Waals surface area contributed by atoms with Gasteiger partial charge in [0.2, 0.25) is 0 Å². The summed E-state index contributed by atoms with van der Waals surface area (Å²) in [6, 6.07) is 3.58. The molecule has 0 atom stereocenters. The first-order valence-corrected chi connectivity index (χ1v) is 5.36. The Morgan fingerprint density at radius 2 is 2.00 bits per heavy atom. The Morgan fingerprint density at radius 3 is 2.50 bits per heavy atom. The molecule has 16 heavy (non-hydrogen) atoms. The van der Waals surface area contributed by atoms with E-state index in [2.05, 4.69) is 24.5 Å². The molecule has 0 aromatic heterocycles. The molecule has 0 saturated carbocycles. The predicted molar refractivity (Wildman–Crippen MR) is 61.5 cm³/mol. The maximum atomic E-state index is 12.4. The van der Waals surface area contributed by atoms with Crippen molar-refractivity contribution >= 4 is 12.6 Å². The summed E-state index contributed by atoms with van der Waals surface area (Å²) in [5.74, 6) is 6.31. The molecule has 0 saturated heterocycles. The fourth-order valence-corrected chi connectivity index (χ4v) is 1.31. The number of thiol groups is 1. The Kier molecular flexibility index (Phi) is 4.31. The fourth-order valence-electron chi connectivity index (χ4n) is 1.19. The molecule has 1 aromatic carbocycles. The lowest BCUT2D eigenvalue weighted by molar-refractivity contribution is -0.137. The van der Waals surface area contributed by atoms with Crippen LogP contribution in [0.25, 0.3) is 0 Å². The van der Waals surface area contributed by atoms with Gasteiger partial charge in [0.25, 0.3) is 0 Å². The molecule has 86 valence electrons. The van der Waals surface area contributed by atoms with Gasteiger partial charge in [0.15, 0.2) is 0 Å². The molecule has 0 aliphatic rings. The first kappa shape index (κ1) is 13.0. The van der Waals surface area contributed by atoms with E-state index in [1.165, 1.54) is 6.07 Å². The summed E-state index contributed by atoms with van der Waals surface area (Å²) >= 11 is 4.00. The summed E-state index contributed by atoms with van der Waals surface area (Å²) < 4.78 is 37.1. The maximum Gasteiger partial charge on any atom is 0.416 e. The normalized spacial score (nSPS) is 10.8. The molecule has 0 N–H and O–H groups in total. The van der Waals surface area contributed by atoms with Gasteiger partial charge in [-0.2, -0.15) is 25.8 Å². The van der Waals surface area contributed by atoms with Crippen LogP contribution in [-0.4, -0.2) is 5.75 Å². The van der Waals surface area contributed by atoms with E-state index in [0.717, 1.165) is 12.1 Å². The molecule has 0 amide bonds. The Bertz CT molecular complexity index is 424. The molecule has 0 heterocycles. The van der Waals surface area contributed by atoms with E-state index in [4.69, 9.17) is 0 Å². The third-order valence-corrected chi connectivity index (χ3v) is 2.24. The monoisotopic (exact) mass is 244 g/mol. The zero-order chi connectivity index (χ0) is 12.2. The summed E-state index contributed by atoms with van der Waals surface area (Å²) in [6.07, 6.45) is -3.66. The quantitative estimate of drug-likeness (QED) is 0.565. The molecular formula is C12H11F3S. The summed E-state index contributed by atoms with van der Waals surface area (Å²) in [6.45, 7) is 1.62. The smallest absolute Gasteiger partial charge is 0.178 e. The van der Waals surface area contributed by atoms with Crippen LogP contribution in [0, 0.1) is 18.8 Å². The van der Waals surface area contributed by atoms with E-state index in [0.29, 0.717) is 23.3 Å². The summed E-state index contributed by atoms with van der Waals surface area (Å²) in [4.78, 5) is 0. The van der Waals surface area contributed by atoms with Crippen LogP contribution in [-0.2, 0) is 6.18 Å². The molecule has 0 fully saturated rings. The van der Waals surface area contributed by atoms with E-state index in [-0.39, 0.29) is 0 Å². The Balaban J connectivity index is 2.98. The number of halogens is 3. The number of rotatable bonds is 1. The van der Waals surface area contributed by atoms with E-state index < -0.39 is 11.7 Å². The van der Waals surface area contributed by atoms with Crippen molar-refractivity contribution in [1.82, 2.24) is 0 Å². The van der Waals surface area contributed by atoms with Crippen molar-refractivity contribution in [2.24, 2.45) is 0 Å². The lowest BCUT2D eigenvalue weighted by atomic mass is 10.1. The molecule has 1 rings (SSSR count). The average Bonchev–Trinajstić information content (AvgIpc) is 2.19. The van der Waals surface area contributed by atoms with E-state index >= 15 is 0 Å². The van der Waals surface area contributed by atoms with Crippen molar-refractivity contribution in [3.63, 3.8) is 0 Å². The van der Waals surface area contributed by atoms with Crippen LogP contribution in [0.2, 0.25) is 0 Å². The second kappa shape index (κ2) is 5.31. The van der Waals surface area contributed by atoms with Crippen molar-refractivity contribution in [2.75, 3.05) is 5.75 Å². The highest BCUT2D eigenvalue weighted by Gasteiger charge is 2.30. The lowest BCUT2D eigenvalue weighted by Crippen LogP contribution is -2.05. The van der Waals surface area contributed by atoms with Crippen LogP contribution >= 0.6 is 12.6 Å². The van der Waals surface area contributed by atoms with Crippen LogP contribution < -0.4 is 0 Å². The van der Waals surface area contributed by atoms with E-state index in [1.54, 1.807) is 6.92 Å². The third-order valence-electron chi connectivity index (χ3n) is 2.01. The van der Waals surface area contributed by atoms with Crippen molar-refractivity contribution in [3.05, 3.63) is 34.9 Å². The van der Waals surface area contributed by atoms with Crippen molar-refractivity contribution in [1.29, 1.82) is 0 Å². The van der Waals surface area contributed by atoms with Gasteiger partial charge < -0.3 is 0 Å². The molecule has 0 bridgehead atoms. The zero-order valence-corrected chi connectivity index (χ0v) is 9.62. The van der Waals surface area contributed by atoms with Gasteiger partial charge in [-0.05, 0) is 30.7 Å². The molecule has 0 unspecified atom stereocenters. The van der Waals surface area contributed by atoms with Gasteiger partial charge in [-0.1, -0.05) is 11.8 Å². The SMILES string of the molecule is Cc1cc(C(F)(F)F)ccc1C#CCCS. The summed E-state index contributed by atoms with van der Waals surface area (Å²) in [5.41, 5.74) is 0.543. The van der Waals surface area contributed by atoms with Gasteiger partial charge in [0, 0.05) is 17.7 Å². The number of hydrogen-bond acceptors (Lipinski definition) is 1. The highest BCUT2D eigenvalue weighted by molar-refractivity contribution is 7.80. The largest absolute Gasteiger partial charge is 0.416 e. The zero-order valence-electron chi connectivity index (χ0n) is 8.73. The number of benzene rings is 1. The molecular weight excluding hydrogens is 233 g/mol. The molecule has 0 radical (unpaired) electrons. The minimum atomic E-state index is -4.29. The fraction of sp³-hybridized carbons (Fsp3) is 0.333. The number of alkyl halides is 3. The van der Waals surface area contributed by atoms with Crippen LogP contribution in [0.15, 0.2) is 18.2 Å². The first-order chi connectivity index (χ1) is 7.45. The van der Waals surface area contributed by atoms with Gasteiger partial charge in [-0.25, -0.2) is 0 Å². The predicted octanol–water partition coefficient (Wildman–Crippen LogP) is 3.69. The van der Waals surface area contributed by atoms with Gasteiger partial charge in [-0.15, -0.1) is 0 Å². The maximum absolute atomic E-state index is 12.4. The van der Waals surface area contributed by atoms with Crippen LogP contribution in [0.5, 0.6) is 0 Å². The summed E-state index contributed by atoms with van der Waals surface area (Å²) in [7, 11) is 0. The number of hydrogen-bond donors (Lipinski definition) is 1. The molecule has 1 aromatic rings. The summed E-state index contributed by atoms with van der Waals surface area (Å²) in [5, 5.41) is 0. The molecule has 4 heteroatoms. The van der Waals surface area contributed by atoms with Gasteiger partial charge in [-0.3, -0.25) is 0 Å². The third kappa shape index (κ3) is 3.49. The average molecular weight is 244 g/mol. The minimum absolute atomic E-state index is 0.543. The van der Waals surface area contributed by atoms with Crippen LogP contribution in [0.1, 0.15) is 23.1 Å². The highest BCUT2D eigenvalue weighted by Crippen LogP contribution is 2.30. The van der Waals surface area contributed by atoms with Crippen LogP contribution in [0.3, 0.4) is 0 Å². The van der Waals surface area contributed by atoms with Crippen LogP contribution in [0.4, 0.5) is 13.2 Å². The van der Waals surface area contributed by atoms with E-state index in [1.807, 2.05) is 0 Å². The van der Waals surface area contributed by atoms with Crippen molar-refractivity contribution < 1.29 is 13.2 Å². The van der Waals surface area contributed by atoms with E-state index in [9.17, 15) is 13.2 Å².